The molecular formula is C14H13FN2O. The van der Waals surface area contributed by atoms with Gasteiger partial charge in [0.1, 0.15) is 5.82 Å². The van der Waals surface area contributed by atoms with E-state index in [1.165, 1.54) is 24.3 Å². The number of benzene rings is 2. The van der Waals surface area contributed by atoms with Gasteiger partial charge >= 0.3 is 0 Å². The molecular weight excluding hydrogens is 231 g/mol. The zero-order valence-corrected chi connectivity index (χ0v) is 9.91. The van der Waals surface area contributed by atoms with Gasteiger partial charge in [0.2, 0.25) is 0 Å². The van der Waals surface area contributed by atoms with Crippen molar-refractivity contribution in [1.82, 2.24) is 0 Å². The van der Waals surface area contributed by atoms with Crippen molar-refractivity contribution in [2.45, 2.75) is 6.92 Å². The molecule has 92 valence electrons. The van der Waals surface area contributed by atoms with E-state index in [-0.39, 0.29) is 11.7 Å². The molecule has 4 heteroatoms. The Morgan fingerprint density at radius 2 is 1.83 bits per heavy atom. The van der Waals surface area contributed by atoms with Crippen molar-refractivity contribution in [3.8, 4) is 0 Å². The molecule has 0 spiro atoms. The molecule has 2 aromatic rings. The van der Waals surface area contributed by atoms with Crippen LogP contribution in [0.1, 0.15) is 15.9 Å². The fourth-order valence-corrected chi connectivity index (χ4v) is 1.62. The molecule has 0 saturated heterocycles. The summed E-state index contributed by atoms with van der Waals surface area (Å²) in [5.74, 6) is -0.651. The SMILES string of the molecule is Cc1ccc(C(=O)Nc2ccc(F)cc2)c(N)c1. The topological polar surface area (TPSA) is 55.1 Å². The van der Waals surface area contributed by atoms with Crippen LogP contribution in [-0.2, 0) is 0 Å². The Balaban J connectivity index is 2.19. The van der Waals surface area contributed by atoms with Crippen molar-refractivity contribution in [3.05, 3.63) is 59.4 Å². The highest BCUT2D eigenvalue weighted by atomic mass is 19.1. The molecule has 1 amide bonds. The average Bonchev–Trinajstić information content (AvgIpc) is 2.32. The third-order valence-electron chi connectivity index (χ3n) is 2.55. The lowest BCUT2D eigenvalue weighted by Gasteiger charge is -2.08. The van der Waals surface area contributed by atoms with Crippen molar-refractivity contribution >= 4 is 17.3 Å². The molecule has 0 unspecified atom stereocenters. The van der Waals surface area contributed by atoms with E-state index < -0.39 is 0 Å². The quantitative estimate of drug-likeness (QED) is 0.798. The fourth-order valence-electron chi connectivity index (χ4n) is 1.62. The Hall–Kier alpha value is -2.36. The first-order valence-electron chi connectivity index (χ1n) is 5.49. The molecule has 0 fully saturated rings. The van der Waals surface area contributed by atoms with Crippen molar-refractivity contribution in [2.24, 2.45) is 0 Å². The van der Waals surface area contributed by atoms with E-state index in [2.05, 4.69) is 5.32 Å². The van der Waals surface area contributed by atoms with Crippen LogP contribution in [-0.4, -0.2) is 5.91 Å². The number of anilines is 2. The van der Waals surface area contributed by atoms with Crippen molar-refractivity contribution in [1.29, 1.82) is 0 Å². The minimum absolute atomic E-state index is 0.306. The zero-order valence-electron chi connectivity index (χ0n) is 9.91. The Kier molecular flexibility index (Phi) is 3.28. The normalized spacial score (nSPS) is 10.1. The minimum Gasteiger partial charge on any atom is -0.398 e. The number of hydrogen-bond donors (Lipinski definition) is 2. The van der Waals surface area contributed by atoms with Gasteiger partial charge < -0.3 is 11.1 Å². The van der Waals surface area contributed by atoms with Gasteiger partial charge in [-0.2, -0.15) is 0 Å². The van der Waals surface area contributed by atoms with Gasteiger partial charge in [-0.25, -0.2) is 4.39 Å². The molecule has 0 heterocycles. The molecule has 0 radical (unpaired) electrons. The summed E-state index contributed by atoms with van der Waals surface area (Å²) in [5, 5.41) is 2.66. The molecule has 0 bridgehead atoms. The lowest BCUT2D eigenvalue weighted by Crippen LogP contribution is -2.14. The summed E-state index contributed by atoms with van der Waals surface area (Å²) < 4.78 is 12.7. The second-order valence-electron chi connectivity index (χ2n) is 4.05. The number of carbonyl (C=O) groups is 1. The Labute approximate surface area is 104 Å². The standard InChI is InChI=1S/C14H13FN2O/c1-9-2-7-12(13(16)8-9)14(18)17-11-5-3-10(15)4-6-11/h2-8H,16H2,1H3,(H,17,18). The first kappa shape index (κ1) is 12.1. The number of aryl methyl sites for hydroxylation is 1. The van der Waals surface area contributed by atoms with E-state index in [9.17, 15) is 9.18 Å². The average molecular weight is 244 g/mol. The summed E-state index contributed by atoms with van der Waals surface area (Å²) >= 11 is 0. The van der Waals surface area contributed by atoms with Crippen LogP contribution in [0.15, 0.2) is 42.5 Å². The van der Waals surface area contributed by atoms with Crippen LogP contribution >= 0.6 is 0 Å². The molecule has 0 aliphatic rings. The van der Waals surface area contributed by atoms with E-state index in [1.54, 1.807) is 12.1 Å². The summed E-state index contributed by atoms with van der Waals surface area (Å²) in [4.78, 5) is 11.9. The molecule has 2 rings (SSSR count). The number of amides is 1. The van der Waals surface area contributed by atoms with Gasteiger partial charge in [-0.1, -0.05) is 6.07 Å². The summed E-state index contributed by atoms with van der Waals surface area (Å²) in [6, 6.07) is 10.8. The summed E-state index contributed by atoms with van der Waals surface area (Å²) in [6.45, 7) is 1.90. The fraction of sp³-hybridized carbons (Fsp3) is 0.0714. The highest BCUT2D eigenvalue weighted by molar-refractivity contribution is 6.07. The number of nitrogens with one attached hydrogen (secondary N) is 1. The van der Waals surface area contributed by atoms with Crippen LogP contribution in [0.3, 0.4) is 0 Å². The molecule has 3 nitrogen and oxygen atoms in total. The van der Waals surface area contributed by atoms with Crippen LogP contribution in [0.25, 0.3) is 0 Å². The molecule has 3 N–H and O–H groups in total. The van der Waals surface area contributed by atoms with Crippen LogP contribution in [0.2, 0.25) is 0 Å². The first-order chi connectivity index (χ1) is 8.56. The van der Waals surface area contributed by atoms with Gasteiger partial charge in [0, 0.05) is 11.4 Å². The highest BCUT2D eigenvalue weighted by Gasteiger charge is 2.09. The lowest BCUT2D eigenvalue weighted by atomic mass is 10.1. The van der Waals surface area contributed by atoms with Gasteiger partial charge in [0.05, 0.1) is 5.56 Å². The molecule has 0 aliphatic heterocycles. The third kappa shape index (κ3) is 2.66. The van der Waals surface area contributed by atoms with E-state index in [4.69, 9.17) is 5.73 Å². The highest BCUT2D eigenvalue weighted by Crippen LogP contribution is 2.16. The number of hydrogen-bond acceptors (Lipinski definition) is 2. The van der Waals surface area contributed by atoms with E-state index >= 15 is 0 Å². The molecule has 0 aromatic heterocycles. The van der Waals surface area contributed by atoms with Crippen LogP contribution in [0.4, 0.5) is 15.8 Å². The largest absolute Gasteiger partial charge is 0.398 e. The minimum atomic E-state index is -0.345. The number of nitrogens with two attached hydrogens (primary N) is 1. The van der Waals surface area contributed by atoms with Crippen LogP contribution < -0.4 is 11.1 Å². The second kappa shape index (κ2) is 4.87. The van der Waals surface area contributed by atoms with Crippen LogP contribution in [0, 0.1) is 12.7 Å². The lowest BCUT2D eigenvalue weighted by molar-refractivity contribution is 0.102. The van der Waals surface area contributed by atoms with Crippen LogP contribution in [0.5, 0.6) is 0 Å². The number of rotatable bonds is 2. The van der Waals surface area contributed by atoms with E-state index in [0.29, 0.717) is 16.9 Å². The number of halogens is 1. The van der Waals surface area contributed by atoms with Crippen molar-refractivity contribution in [2.75, 3.05) is 11.1 Å². The smallest absolute Gasteiger partial charge is 0.257 e. The van der Waals surface area contributed by atoms with Crippen molar-refractivity contribution < 1.29 is 9.18 Å². The summed E-state index contributed by atoms with van der Waals surface area (Å²) in [5.41, 5.74) is 8.13. The van der Waals surface area contributed by atoms with E-state index in [1.807, 2.05) is 13.0 Å². The molecule has 2 aromatic carbocycles. The second-order valence-corrected chi connectivity index (χ2v) is 4.05. The monoisotopic (exact) mass is 244 g/mol. The van der Waals surface area contributed by atoms with Gasteiger partial charge in [-0.3, -0.25) is 4.79 Å². The van der Waals surface area contributed by atoms with E-state index in [0.717, 1.165) is 5.56 Å². The molecule has 18 heavy (non-hydrogen) atoms. The summed E-state index contributed by atoms with van der Waals surface area (Å²) in [7, 11) is 0. The molecule has 0 atom stereocenters. The Morgan fingerprint density at radius 1 is 1.17 bits per heavy atom. The number of nitrogen functional groups attached to an aromatic ring is 1. The maximum Gasteiger partial charge on any atom is 0.257 e. The Bertz CT molecular complexity index is 579. The first-order valence-corrected chi connectivity index (χ1v) is 5.49. The van der Waals surface area contributed by atoms with Gasteiger partial charge in [-0.05, 0) is 48.9 Å². The molecule has 0 saturated carbocycles. The predicted octanol–water partition coefficient (Wildman–Crippen LogP) is 2.97. The maximum absolute atomic E-state index is 12.7. The van der Waals surface area contributed by atoms with Gasteiger partial charge in [0.25, 0.3) is 5.91 Å². The third-order valence-corrected chi connectivity index (χ3v) is 2.55. The predicted molar refractivity (Wildman–Crippen MR) is 69.9 cm³/mol. The maximum atomic E-state index is 12.7. The molecule has 0 aliphatic carbocycles. The van der Waals surface area contributed by atoms with Gasteiger partial charge in [-0.15, -0.1) is 0 Å². The van der Waals surface area contributed by atoms with Gasteiger partial charge in [0.15, 0.2) is 0 Å². The summed E-state index contributed by atoms with van der Waals surface area (Å²) in [6.07, 6.45) is 0. The van der Waals surface area contributed by atoms with Crippen molar-refractivity contribution in [3.63, 3.8) is 0 Å². The number of carbonyl (C=O) groups excluding carboxylic acids is 1. The Morgan fingerprint density at radius 3 is 2.44 bits per heavy atom. The zero-order chi connectivity index (χ0) is 13.1.